The maximum Gasteiger partial charge on any atom is 0.271 e. The van der Waals surface area contributed by atoms with Crippen molar-refractivity contribution in [2.45, 2.75) is 19.3 Å². The van der Waals surface area contributed by atoms with Crippen molar-refractivity contribution in [3.05, 3.63) is 34.9 Å². The van der Waals surface area contributed by atoms with Gasteiger partial charge in [-0.25, -0.2) is 0 Å². The zero-order valence-electron chi connectivity index (χ0n) is 11.6. The molecular weight excluding hydrogens is 310 g/mol. The summed E-state index contributed by atoms with van der Waals surface area (Å²) in [5, 5.41) is 0.266. The Balaban J connectivity index is 1.78. The van der Waals surface area contributed by atoms with Crippen LogP contribution in [0.4, 0.5) is 0 Å². The van der Waals surface area contributed by atoms with Gasteiger partial charge >= 0.3 is 0 Å². The molecule has 1 aromatic carbocycles. The van der Waals surface area contributed by atoms with Crippen LogP contribution >= 0.6 is 11.6 Å². The molecule has 0 unspecified atom stereocenters. The molecule has 7 nitrogen and oxygen atoms in total. The summed E-state index contributed by atoms with van der Waals surface area (Å²) in [7, 11) is 0. The number of amides is 4. The predicted octanol–water partition coefficient (Wildman–Crippen LogP) is 0.640. The Bertz CT molecular complexity index is 616. The number of rotatable bonds is 4. The van der Waals surface area contributed by atoms with Gasteiger partial charge in [-0.3, -0.25) is 34.9 Å². The molecule has 0 aromatic heterocycles. The molecule has 116 valence electrons. The summed E-state index contributed by atoms with van der Waals surface area (Å²) in [6.07, 6.45) is 0.285. The Morgan fingerprint density at radius 2 is 1.73 bits per heavy atom. The van der Waals surface area contributed by atoms with E-state index in [-0.39, 0.29) is 48.2 Å². The van der Waals surface area contributed by atoms with E-state index in [2.05, 4.69) is 10.9 Å². The molecule has 0 radical (unpaired) electrons. The van der Waals surface area contributed by atoms with Gasteiger partial charge in [-0.2, -0.15) is 0 Å². The number of hydrogen-bond donors (Lipinski definition) is 2. The highest BCUT2D eigenvalue weighted by molar-refractivity contribution is 6.33. The first kappa shape index (κ1) is 16.0. The summed E-state index contributed by atoms with van der Waals surface area (Å²) < 4.78 is 0. The third-order valence-corrected chi connectivity index (χ3v) is 3.48. The van der Waals surface area contributed by atoms with E-state index >= 15 is 0 Å². The lowest BCUT2D eigenvalue weighted by atomic mass is 10.2. The molecule has 0 atom stereocenters. The summed E-state index contributed by atoms with van der Waals surface area (Å²) in [6.45, 7) is 0.00542. The molecule has 1 heterocycles. The van der Waals surface area contributed by atoms with Crippen LogP contribution in [0.5, 0.6) is 0 Å². The number of likely N-dealkylation sites (tertiary alicyclic amines) is 1. The van der Waals surface area contributed by atoms with Gasteiger partial charge in [0, 0.05) is 25.8 Å². The molecule has 1 aliphatic rings. The molecule has 1 saturated heterocycles. The fraction of sp³-hybridized carbons (Fsp3) is 0.286. The monoisotopic (exact) mass is 323 g/mol. The zero-order chi connectivity index (χ0) is 16.1. The molecular formula is C14H14ClN3O4. The number of imide groups is 1. The van der Waals surface area contributed by atoms with E-state index in [0.717, 1.165) is 4.90 Å². The summed E-state index contributed by atoms with van der Waals surface area (Å²) in [5.41, 5.74) is 4.67. The minimum Gasteiger partial charge on any atom is -0.282 e. The lowest BCUT2D eigenvalue weighted by Crippen LogP contribution is -2.43. The first-order valence-electron chi connectivity index (χ1n) is 6.66. The zero-order valence-corrected chi connectivity index (χ0v) is 12.4. The summed E-state index contributed by atoms with van der Waals surface area (Å²) in [5.74, 6) is -1.61. The van der Waals surface area contributed by atoms with E-state index in [9.17, 15) is 19.2 Å². The van der Waals surface area contributed by atoms with Crippen molar-refractivity contribution in [3.8, 4) is 0 Å². The highest BCUT2D eigenvalue weighted by atomic mass is 35.5. The molecule has 1 aliphatic heterocycles. The molecule has 2 rings (SSSR count). The van der Waals surface area contributed by atoms with Gasteiger partial charge in [0.15, 0.2) is 0 Å². The molecule has 1 aromatic rings. The van der Waals surface area contributed by atoms with Gasteiger partial charge in [0.05, 0.1) is 10.6 Å². The third kappa shape index (κ3) is 3.82. The third-order valence-electron chi connectivity index (χ3n) is 3.15. The maximum absolute atomic E-state index is 11.8. The standard InChI is InChI=1S/C14H14ClN3O4/c15-10-4-2-1-3-9(10)14(22)17-16-11(19)7-8-18-12(20)5-6-13(18)21/h1-4H,5-8H2,(H,16,19)(H,17,22). The van der Waals surface area contributed by atoms with Crippen LogP contribution in [0.2, 0.25) is 5.02 Å². The smallest absolute Gasteiger partial charge is 0.271 e. The number of carbonyl (C=O) groups is 4. The number of hydrogen-bond acceptors (Lipinski definition) is 4. The number of nitrogens with zero attached hydrogens (tertiary/aromatic N) is 1. The van der Waals surface area contributed by atoms with E-state index in [1.165, 1.54) is 6.07 Å². The number of carbonyl (C=O) groups excluding carboxylic acids is 4. The van der Waals surface area contributed by atoms with Gasteiger partial charge < -0.3 is 0 Å². The van der Waals surface area contributed by atoms with Gasteiger partial charge in [0.1, 0.15) is 0 Å². The van der Waals surface area contributed by atoms with E-state index in [4.69, 9.17) is 11.6 Å². The molecule has 4 amide bonds. The second-order valence-electron chi connectivity index (χ2n) is 4.67. The fourth-order valence-electron chi connectivity index (χ4n) is 1.99. The number of hydrazine groups is 1. The van der Waals surface area contributed by atoms with Crippen molar-refractivity contribution in [1.82, 2.24) is 15.8 Å². The van der Waals surface area contributed by atoms with Crippen LogP contribution in [-0.2, 0) is 14.4 Å². The van der Waals surface area contributed by atoms with Gasteiger partial charge in [0.25, 0.3) is 5.91 Å². The van der Waals surface area contributed by atoms with Crippen LogP contribution in [-0.4, -0.2) is 35.1 Å². The first-order valence-corrected chi connectivity index (χ1v) is 7.03. The quantitative estimate of drug-likeness (QED) is 0.628. The van der Waals surface area contributed by atoms with Gasteiger partial charge in [-0.15, -0.1) is 0 Å². The van der Waals surface area contributed by atoms with Crippen LogP contribution in [0.1, 0.15) is 29.6 Å². The van der Waals surface area contributed by atoms with Crippen molar-refractivity contribution in [3.63, 3.8) is 0 Å². The van der Waals surface area contributed by atoms with Crippen LogP contribution in [0.3, 0.4) is 0 Å². The van der Waals surface area contributed by atoms with Gasteiger partial charge in [-0.05, 0) is 12.1 Å². The average Bonchev–Trinajstić information content (AvgIpc) is 2.82. The Morgan fingerprint density at radius 3 is 2.36 bits per heavy atom. The van der Waals surface area contributed by atoms with E-state index in [0.29, 0.717) is 0 Å². The Labute approximate surface area is 131 Å². The second kappa shape index (κ2) is 7.04. The number of nitrogens with one attached hydrogen (secondary N) is 2. The average molecular weight is 324 g/mol. The van der Waals surface area contributed by atoms with Crippen LogP contribution < -0.4 is 10.9 Å². The molecule has 1 fully saturated rings. The fourth-order valence-corrected chi connectivity index (χ4v) is 2.21. The SMILES string of the molecule is O=C(CCN1C(=O)CCC1=O)NNC(=O)c1ccccc1Cl. The number of benzene rings is 1. The predicted molar refractivity (Wildman–Crippen MR) is 77.6 cm³/mol. The van der Waals surface area contributed by atoms with Crippen molar-refractivity contribution < 1.29 is 19.2 Å². The maximum atomic E-state index is 11.8. The van der Waals surface area contributed by atoms with Crippen LogP contribution in [0.15, 0.2) is 24.3 Å². The second-order valence-corrected chi connectivity index (χ2v) is 5.08. The number of halogens is 1. The van der Waals surface area contributed by atoms with Crippen molar-refractivity contribution in [1.29, 1.82) is 0 Å². The normalized spacial score (nSPS) is 14.1. The van der Waals surface area contributed by atoms with E-state index in [1.807, 2.05) is 0 Å². The van der Waals surface area contributed by atoms with Gasteiger partial charge in [-0.1, -0.05) is 23.7 Å². The Morgan fingerprint density at radius 1 is 1.09 bits per heavy atom. The summed E-state index contributed by atoms with van der Waals surface area (Å²) in [6, 6.07) is 6.41. The van der Waals surface area contributed by atoms with E-state index in [1.54, 1.807) is 18.2 Å². The Kier molecular flexibility index (Phi) is 5.11. The van der Waals surface area contributed by atoms with Crippen molar-refractivity contribution in [2.75, 3.05) is 6.54 Å². The molecule has 0 aliphatic carbocycles. The van der Waals surface area contributed by atoms with Gasteiger partial charge in [0.2, 0.25) is 17.7 Å². The molecule has 2 N–H and O–H groups in total. The van der Waals surface area contributed by atoms with Crippen molar-refractivity contribution in [2.24, 2.45) is 0 Å². The highest BCUT2D eigenvalue weighted by Gasteiger charge is 2.28. The van der Waals surface area contributed by atoms with Crippen molar-refractivity contribution >= 4 is 35.2 Å². The highest BCUT2D eigenvalue weighted by Crippen LogP contribution is 2.14. The summed E-state index contributed by atoms with van der Waals surface area (Å²) in [4.78, 5) is 47.2. The lowest BCUT2D eigenvalue weighted by molar-refractivity contribution is -0.138. The summed E-state index contributed by atoms with van der Waals surface area (Å²) >= 11 is 5.86. The first-order chi connectivity index (χ1) is 10.5. The largest absolute Gasteiger partial charge is 0.282 e. The molecule has 0 spiro atoms. The van der Waals surface area contributed by atoms with Crippen LogP contribution in [0, 0.1) is 0 Å². The topological polar surface area (TPSA) is 95.6 Å². The minimum atomic E-state index is -0.549. The minimum absolute atomic E-state index is 0.00542. The molecule has 8 heteroatoms. The molecule has 22 heavy (non-hydrogen) atoms. The molecule has 0 bridgehead atoms. The lowest BCUT2D eigenvalue weighted by Gasteiger charge is -2.13. The Hall–Kier alpha value is -2.41. The van der Waals surface area contributed by atoms with E-state index < -0.39 is 11.8 Å². The van der Waals surface area contributed by atoms with Crippen LogP contribution in [0.25, 0.3) is 0 Å². The molecule has 0 saturated carbocycles.